The van der Waals surface area contributed by atoms with E-state index in [0.717, 1.165) is 28.1 Å². The Kier molecular flexibility index (Phi) is 5.50. The second-order valence-corrected chi connectivity index (χ2v) is 7.69. The number of aliphatic hydroxyl groups is 1. The van der Waals surface area contributed by atoms with Gasteiger partial charge in [-0.25, -0.2) is 0 Å². The predicted octanol–water partition coefficient (Wildman–Crippen LogP) is 3.33. The number of hydrogen-bond acceptors (Lipinski definition) is 4. The van der Waals surface area contributed by atoms with Gasteiger partial charge in [0.25, 0.3) is 5.91 Å². The number of hydrogen-bond donors (Lipinski definition) is 2. The van der Waals surface area contributed by atoms with Gasteiger partial charge in [-0.05, 0) is 30.7 Å². The van der Waals surface area contributed by atoms with Crippen molar-refractivity contribution in [2.45, 2.75) is 13.2 Å². The fourth-order valence-electron chi connectivity index (χ4n) is 3.83. The van der Waals surface area contributed by atoms with Crippen LogP contribution in [0, 0.1) is 6.92 Å². The summed E-state index contributed by atoms with van der Waals surface area (Å²) in [6, 6.07) is 7.51. The number of aromatic nitrogens is 1. The molecule has 0 saturated carbocycles. The zero-order chi connectivity index (χ0) is 20.5. The monoisotopic (exact) mass is 413 g/mol. The number of carbonyl (C=O) groups excluding carboxylic acids is 1. The van der Waals surface area contributed by atoms with Crippen LogP contribution in [0.1, 0.15) is 39.1 Å². The summed E-state index contributed by atoms with van der Waals surface area (Å²) in [4.78, 5) is 19.6. The van der Waals surface area contributed by atoms with Gasteiger partial charge in [-0.2, -0.15) is 0 Å². The molecule has 1 atom stereocenters. The normalized spacial score (nSPS) is 19.0. The summed E-state index contributed by atoms with van der Waals surface area (Å²) >= 11 is 6.53. The molecule has 29 heavy (non-hydrogen) atoms. The number of amides is 1. The van der Waals surface area contributed by atoms with Gasteiger partial charge in [0.2, 0.25) is 0 Å². The number of benzene rings is 1. The number of carbonyl (C=O) groups is 1. The van der Waals surface area contributed by atoms with Crippen molar-refractivity contribution < 1.29 is 14.6 Å². The van der Waals surface area contributed by atoms with Gasteiger partial charge in [0.1, 0.15) is 0 Å². The van der Waals surface area contributed by atoms with Gasteiger partial charge in [-0.1, -0.05) is 23.7 Å². The Bertz CT molecular complexity index is 976. The lowest BCUT2D eigenvalue weighted by molar-refractivity contribution is 0.0303. The van der Waals surface area contributed by atoms with E-state index < -0.39 is 6.23 Å². The van der Waals surface area contributed by atoms with E-state index in [1.807, 2.05) is 31.3 Å². The summed E-state index contributed by atoms with van der Waals surface area (Å²) in [5.41, 5.74) is 4.94. The number of nitrogens with zero attached hydrogens (tertiary/aromatic N) is 2. The second kappa shape index (κ2) is 8.06. The molecule has 7 heteroatoms. The standard InChI is InChI=1S/C22H24ClN3O3/c1-3-6-26-13-18(17-11-14(2)24-20(17)22(26)28)15-4-5-16(19(23)12-15)21(27)25-7-9-29-10-8-25/h3-5,11-13,22,24,28H,1,6-10H2,2H3. The molecule has 1 saturated heterocycles. The lowest BCUT2D eigenvalue weighted by Crippen LogP contribution is -2.40. The van der Waals surface area contributed by atoms with Crippen molar-refractivity contribution >= 4 is 23.1 Å². The van der Waals surface area contributed by atoms with Crippen molar-refractivity contribution in [1.82, 2.24) is 14.8 Å². The molecule has 0 radical (unpaired) electrons. The number of ether oxygens (including phenoxy) is 1. The van der Waals surface area contributed by atoms with E-state index in [-0.39, 0.29) is 5.91 Å². The first-order valence-electron chi connectivity index (χ1n) is 9.63. The quantitative estimate of drug-likeness (QED) is 0.754. The van der Waals surface area contributed by atoms with E-state index in [2.05, 4.69) is 11.6 Å². The lowest BCUT2D eigenvalue weighted by atomic mass is 9.94. The predicted molar refractivity (Wildman–Crippen MR) is 113 cm³/mol. The minimum atomic E-state index is -0.766. The molecule has 2 aromatic rings. The van der Waals surface area contributed by atoms with E-state index in [1.165, 1.54) is 0 Å². The van der Waals surface area contributed by atoms with E-state index >= 15 is 0 Å². The highest BCUT2D eigenvalue weighted by Crippen LogP contribution is 2.38. The third-order valence-corrected chi connectivity index (χ3v) is 5.60. The minimum absolute atomic E-state index is 0.0793. The van der Waals surface area contributed by atoms with Crippen LogP contribution >= 0.6 is 11.6 Å². The van der Waals surface area contributed by atoms with Crippen LogP contribution in [0.3, 0.4) is 0 Å². The fraction of sp³-hybridized carbons (Fsp3) is 0.318. The summed E-state index contributed by atoms with van der Waals surface area (Å²) in [6.45, 7) is 8.47. The molecule has 152 valence electrons. The van der Waals surface area contributed by atoms with Crippen molar-refractivity contribution in [3.63, 3.8) is 0 Å². The maximum Gasteiger partial charge on any atom is 0.255 e. The van der Waals surface area contributed by atoms with Crippen molar-refractivity contribution in [2.75, 3.05) is 32.8 Å². The Hall–Kier alpha value is -2.54. The van der Waals surface area contributed by atoms with Crippen molar-refractivity contribution in [3.8, 4) is 0 Å². The van der Waals surface area contributed by atoms with Crippen molar-refractivity contribution in [2.24, 2.45) is 0 Å². The molecule has 4 rings (SSSR count). The maximum atomic E-state index is 12.8. The highest BCUT2D eigenvalue weighted by molar-refractivity contribution is 6.34. The number of halogens is 1. The van der Waals surface area contributed by atoms with Crippen LogP contribution in [0.15, 0.2) is 43.1 Å². The van der Waals surface area contributed by atoms with Crippen molar-refractivity contribution in [3.05, 3.63) is 76.2 Å². The van der Waals surface area contributed by atoms with Crippen LogP contribution < -0.4 is 0 Å². The van der Waals surface area contributed by atoms with Crippen molar-refractivity contribution in [1.29, 1.82) is 0 Å². The summed E-state index contributed by atoms with van der Waals surface area (Å²) < 4.78 is 5.32. The molecule has 6 nitrogen and oxygen atoms in total. The topological polar surface area (TPSA) is 68.8 Å². The number of aryl methyl sites for hydroxylation is 1. The molecule has 2 aliphatic heterocycles. The Morgan fingerprint density at radius 2 is 2.14 bits per heavy atom. The molecule has 1 aromatic heterocycles. The van der Waals surface area contributed by atoms with E-state index in [0.29, 0.717) is 43.4 Å². The smallest absolute Gasteiger partial charge is 0.255 e. The summed E-state index contributed by atoms with van der Waals surface area (Å²) in [5, 5.41) is 11.1. The number of morpholine rings is 1. The molecule has 1 aromatic carbocycles. The third kappa shape index (κ3) is 3.71. The van der Waals surface area contributed by atoms with Gasteiger partial charge in [-0.15, -0.1) is 6.58 Å². The molecule has 2 aliphatic rings. The molecule has 1 unspecified atom stereocenters. The zero-order valence-electron chi connectivity index (χ0n) is 16.3. The number of aromatic amines is 1. The average molecular weight is 414 g/mol. The van der Waals surface area contributed by atoms with Gasteiger partial charge in [0.15, 0.2) is 6.23 Å². The average Bonchev–Trinajstić information content (AvgIpc) is 3.12. The Balaban J connectivity index is 1.70. The van der Waals surface area contributed by atoms with Crippen LogP contribution in [0.25, 0.3) is 5.57 Å². The van der Waals surface area contributed by atoms with E-state index in [9.17, 15) is 9.90 Å². The molecule has 0 bridgehead atoms. The first-order valence-corrected chi connectivity index (χ1v) is 10.0. The van der Waals surface area contributed by atoms with Gasteiger partial charge >= 0.3 is 0 Å². The van der Waals surface area contributed by atoms with E-state index in [1.54, 1.807) is 21.9 Å². The highest BCUT2D eigenvalue weighted by atomic mass is 35.5. The molecule has 0 spiro atoms. The highest BCUT2D eigenvalue weighted by Gasteiger charge is 2.28. The molecule has 1 fully saturated rings. The van der Waals surface area contributed by atoms with Crippen LogP contribution in [-0.2, 0) is 4.74 Å². The molecule has 1 amide bonds. The van der Waals surface area contributed by atoms with Gasteiger partial charge in [-0.3, -0.25) is 4.79 Å². The molecular formula is C22H24ClN3O3. The summed E-state index contributed by atoms with van der Waals surface area (Å²) in [6.07, 6.45) is 2.89. The largest absolute Gasteiger partial charge is 0.378 e. The third-order valence-electron chi connectivity index (χ3n) is 5.29. The van der Waals surface area contributed by atoms with Gasteiger partial charge < -0.3 is 24.6 Å². The fourth-order valence-corrected chi connectivity index (χ4v) is 4.09. The first kappa shape index (κ1) is 19.8. The molecular weight excluding hydrogens is 390 g/mol. The number of H-pyrrole nitrogens is 1. The lowest BCUT2D eigenvalue weighted by Gasteiger charge is -2.31. The van der Waals surface area contributed by atoms with Crippen LogP contribution in [-0.4, -0.2) is 58.6 Å². The number of fused-ring (bicyclic) bond motifs is 1. The molecule has 3 heterocycles. The number of rotatable bonds is 4. The Morgan fingerprint density at radius 3 is 2.83 bits per heavy atom. The molecule has 0 aliphatic carbocycles. The minimum Gasteiger partial charge on any atom is -0.378 e. The second-order valence-electron chi connectivity index (χ2n) is 7.28. The first-order chi connectivity index (χ1) is 14.0. The number of nitrogens with one attached hydrogen (secondary N) is 1. The summed E-state index contributed by atoms with van der Waals surface area (Å²) in [5.74, 6) is -0.0793. The van der Waals surface area contributed by atoms with Crippen LogP contribution in [0.2, 0.25) is 5.02 Å². The SMILES string of the molecule is C=CCN1C=C(c2ccc(C(=O)N3CCOCC3)c(Cl)c2)c2cc(C)[nH]c2C1O. The van der Waals surface area contributed by atoms with Gasteiger partial charge in [0, 0.05) is 42.7 Å². The van der Waals surface area contributed by atoms with Gasteiger partial charge in [0.05, 0.1) is 29.5 Å². The zero-order valence-corrected chi connectivity index (χ0v) is 17.1. The van der Waals surface area contributed by atoms with Crippen LogP contribution in [0.5, 0.6) is 0 Å². The maximum absolute atomic E-state index is 12.8. The Labute approximate surface area is 175 Å². The number of aliphatic hydroxyl groups excluding tert-OH is 1. The van der Waals surface area contributed by atoms with Crippen LogP contribution in [0.4, 0.5) is 0 Å². The van der Waals surface area contributed by atoms with E-state index in [4.69, 9.17) is 16.3 Å². The Morgan fingerprint density at radius 1 is 1.38 bits per heavy atom. The molecule has 2 N–H and O–H groups in total. The summed E-state index contributed by atoms with van der Waals surface area (Å²) in [7, 11) is 0.